The maximum atomic E-state index is 6.08. The summed E-state index contributed by atoms with van der Waals surface area (Å²) in [6, 6.07) is 5.68. The molecule has 76 valence electrons. The molecule has 14 heavy (non-hydrogen) atoms. The zero-order valence-corrected chi connectivity index (χ0v) is 9.35. The fourth-order valence-electron chi connectivity index (χ4n) is 1.65. The predicted octanol–water partition coefficient (Wildman–Crippen LogP) is 3.79. The molecule has 0 bridgehead atoms. The number of hydrogen-bond acceptors (Lipinski definition) is 1. The number of halogens is 2. The summed E-state index contributed by atoms with van der Waals surface area (Å²) >= 11 is 12.0. The molecule has 1 nitrogen and oxygen atoms in total. The molecule has 1 saturated carbocycles. The average Bonchev–Trinajstić information content (AvgIpc) is 2.93. The molecular weight excluding hydrogens is 217 g/mol. The highest BCUT2D eigenvalue weighted by Crippen LogP contribution is 2.39. The Labute approximate surface area is 94.2 Å². The van der Waals surface area contributed by atoms with Crippen LogP contribution in [0.3, 0.4) is 0 Å². The Kier molecular flexibility index (Phi) is 3.01. The molecule has 2 N–H and O–H groups in total. The lowest BCUT2D eigenvalue weighted by atomic mass is 10.0. The van der Waals surface area contributed by atoms with Crippen LogP contribution in [0.25, 0.3) is 0 Å². The minimum Gasteiger partial charge on any atom is -0.324 e. The number of nitrogens with two attached hydrogens (primary N) is 1. The smallest absolute Gasteiger partial charge is 0.0640 e. The van der Waals surface area contributed by atoms with E-state index in [2.05, 4.69) is 0 Å². The molecule has 0 spiro atoms. The first kappa shape index (κ1) is 10.3. The van der Waals surface area contributed by atoms with Crippen molar-refractivity contribution in [3.05, 3.63) is 33.8 Å². The van der Waals surface area contributed by atoms with E-state index in [1.807, 2.05) is 12.1 Å². The summed E-state index contributed by atoms with van der Waals surface area (Å²) in [7, 11) is 0. The molecule has 0 unspecified atom stereocenters. The molecule has 0 aromatic heterocycles. The van der Waals surface area contributed by atoms with Gasteiger partial charge in [-0.15, -0.1) is 0 Å². The molecule has 2 rings (SSSR count). The molecule has 1 fully saturated rings. The Hall–Kier alpha value is -0.240. The van der Waals surface area contributed by atoms with Crippen molar-refractivity contribution >= 4 is 23.2 Å². The zero-order valence-electron chi connectivity index (χ0n) is 7.84. The van der Waals surface area contributed by atoms with Crippen LogP contribution in [0.4, 0.5) is 0 Å². The van der Waals surface area contributed by atoms with Gasteiger partial charge in [-0.05, 0) is 24.0 Å². The van der Waals surface area contributed by atoms with Crippen molar-refractivity contribution in [2.24, 2.45) is 11.7 Å². The van der Waals surface area contributed by atoms with Crippen molar-refractivity contribution in [3.8, 4) is 0 Å². The van der Waals surface area contributed by atoms with Gasteiger partial charge in [0.15, 0.2) is 0 Å². The van der Waals surface area contributed by atoms with Crippen LogP contribution >= 0.6 is 23.2 Å². The molecule has 0 radical (unpaired) electrons. The average molecular weight is 230 g/mol. The highest BCUT2D eigenvalue weighted by atomic mass is 35.5. The minimum atomic E-state index is 0.0358. The first-order chi connectivity index (χ1) is 6.68. The Bertz CT molecular complexity index is 334. The van der Waals surface area contributed by atoms with Crippen LogP contribution in [-0.2, 0) is 0 Å². The van der Waals surface area contributed by atoms with Crippen LogP contribution < -0.4 is 5.73 Å². The Morgan fingerprint density at radius 2 is 2.07 bits per heavy atom. The van der Waals surface area contributed by atoms with Gasteiger partial charge in [-0.3, -0.25) is 0 Å². The highest BCUT2D eigenvalue weighted by molar-refractivity contribution is 6.42. The van der Waals surface area contributed by atoms with E-state index < -0.39 is 0 Å². The molecule has 1 aliphatic carbocycles. The predicted molar refractivity (Wildman–Crippen MR) is 60.7 cm³/mol. The third kappa shape index (κ3) is 2.22. The van der Waals surface area contributed by atoms with Gasteiger partial charge >= 0.3 is 0 Å². The van der Waals surface area contributed by atoms with E-state index in [1.54, 1.807) is 6.07 Å². The summed E-state index contributed by atoms with van der Waals surface area (Å²) < 4.78 is 0. The van der Waals surface area contributed by atoms with Crippen molar-refractivity contribution in [1.29, 1.82) is 0 Å². The van der Waals surface area contributed by atoms with Gasteiger partial charge in [0.1, 0.15) is 0 Å². The summed E-state index contributed by atoms with van der Waals surface area (Å²) in [5.74, 6) is 0.806. The van der Waals surface area contributed by atoms with Gasteiger partial charge in [0.25, 0.3) is 0 Å². The lowest BCUT2D eigenvalue weighted by molar-refractivity contribution is 0.597. The second kappa shape index (κ2) is 4.09. The molecule has 3 heteroatoms. The van der Waals surface area contributed by atoms with E-state index >= 15 is 0 Å². The summed E-state index contributed by atoms with van der Waals surface area (Å²) in [6.45, 7) is 0. The van der Waals surface area contributed by atoms with E-state index in [0.29, 0.717) is 10.0 Å². The first-order valence-corrected chi connectivity index (χ1v) is 5.63. The number of benzene rings is 1. The molecule has 1 aromatic rings. The fourth-order valence-corrected chi connectivity index (χ4v) is 2.09. The molecule has 1 aliphatic rings. The van der Waals surface area contributed by atoms with Crippen molar-refractivity contribution in [3.63, 3.8) is 0 Å². The molecule has 0 saturated heterocycles. The molecule has 0 aliphatic heterocycles. The van der Waals surface area contributed by atoms with Gasteiger partial charge < -0.3 is 5.73 Å². The van der Waals surface area contributed by atoms with E-state index in [9.17, 15) is 0 Å². The summed E-state index contributed by atoms with van der Waals surface area (Å²) in [4.78, 5) is 0. The highest BCUT2D eigenvalue weighted by Gasteiger charge is 2.25. The molecular formula is C11H13Cl2N. The standard InChI is InChI=1S/C11H13Cl2N/c12-9-3-1-2-8(11(9)13)10(14)6-7-4-5-7/h1-3,7,10H,4-6,14H2/t10-/m1/s1. The minimum absolute atomic E-state index is 0.0358. The maximum Gasteiger partial charge on any atom is 0.0640 e. The van der Waals surface area contributed by atoms with Gasteiger partial charge in [-0.25, -0.2) is 0 Å². The first-order valence-electron chi connectivity index (χ1n) is 4.88. The SMILES string of the molecule is N[C@H](CC1CC1)c1cccc(Cl)c1Cl. The lowest BCUT2D eigenvalue weighted by Crippen LogP contribution is -2.11. The number of rotatable bonds is 3. The van der Waals surface area contributed by atoms with E-state index in [-0.39, 0.29) is 6.04 Å². The largest absolute Gasteiger partial charge is 0.324 e. The van der Waals surface area contributed by atoms with Crippen molar-refractivity contribution in [2.75, 3.05) is 0 Å². The third-order valence-corrected chi connectivity index (χ3v) is 3.50. The van der Waals surface area contributed by atoms with Gasteiger partial charge in [-0.1, -0.05) is 48.2 Å². The summed E-state index contributed by atoms with van der Waals surface area (Å²) in [6.07, 6.45) is 3.65. The van der Waals surface area contributed by atoms with E-state index in [0.717, 1.165) is 17.9 Å². The van der Waals surface area contributed by atoms with E-state index in [4.69, 9.17) is 28.9 Å². The van der Waals surface area contributed by atoms with Crippen LogP contribution in [0.1, 0.15) is 30.9 Å². The zero-order chi connectivity index (χ0) is 10.1. The monoisotopic (exact) mass is 229 g/mol. The Morgan fingerprint density at radius 3 is 2.71 bits per heavy atom. The van der Waals surface area contributed by atoms with Crippen molar-refractivity contribution in [2.45, 2.75) is 25.3 Å². The van der Waals surface area contributed by atoms with Crippen molar-refractivity contribution in [1.82, 2.24) is 0 Å². The fraction of sp³-hybridized carbons (Fsp3) is 0.455. The van der Waals surface area contributed by atoms with Crippen molar-refractivity contribution < 1.29 is 0 Å². The van der Waals surface area contributed by atoms with Gasteiger partial charge in [0.2, 0.25) is 0 Å². The summed E-state index contributed by atoms with van der Waals surface area (Å²) in [5, 5.41) is 1.21. The summed E-state index contributed by atoms with van der Waals surface area (Å²) in [5.41, 5.74) is 7.04. The quantitative estimate of drug-likeness (QED) is 0.839. The van der Waals surface area contributed by atoms with Gasteiger partial charge in [0.05, 0.1) is 10.0 Å². The second-order valence-corrected chi connectivity index (χ2v) is 4.71. The topological polar surface area (TPSA) is 26.0 Å². The van der Waals surface area contributed by atoms with Crippen LogP contribution in [0.2, 0.25) is 10.0 Å². The van der Waals surface area contributed by atoms with Crippen LogP contribution in [-0.4, -0.2) is 0 Å². The van der Waals surface area contributed by atoms with Crippen LogP contribution in [0, 0.1) is 5.92 Å². The molecule has 0 amide bonds. The Morgan fingerprint density at radius 1 is 1.36 bits per heavy atom. The van der Waals surface area contributed by atoms with Gasteiger partial charge in [0, 0.05) is 6.04 Å². The second-order valence-electron chi connectivity index (χ2n) is 3.93. The van der Waals surface area contributed by atoms with Gasteiger partial charge in [-0.2, -0.15) is 0 Å². The number of hydrogen-bond donors (Lipinski definition) is 1. The van der Waals surface area contributed by atoms with Crippen LogP contribution in [0.5, 0.6) is 0 Å². The maximum absolute atomic E-state index is 6.08. The molecule has 1 aromatic carbocycles. The van der Waals surface area contributed by atoms with E-state index in [1.165, 1.54) is 12.8 Å². The van der Waals surface area contributed by atoms with Crippen LogP contribution in [0.15, 0.2) is 18.2 Å². The lowest BCUT2D eigenvalue weighted by Gasteiger charge is -2.13. The Balaban J connectivity index is 2.16. The molecule has 0 heterocycles. The normalized spacial score (nSPS) is 18.2. The third-order valence-electron chi connectivity index (χ3n) is 2.67. The molecule has 1 atom stereocenters.